The maximum Gasteiger partial charge on any atom is 0.224 e. The van der Waals surface area contributed by atoms with Gasteiger partial charge in [-0.25, -0.2) is 9.97 Å². The molecule has 1 aromatic heterocycles. The Morgan fingerprint density at radius 2 is 1.75 bits per heavy atom. The van der Waals surface area contributed by atoms with Gasteiger partial charge in [0.05, 0.1) is 11.3 Å². The fourth-order valence-electron chi connectivity index (χ4n) is 2.81. The van der Waals surface area contributed by atoms with E-state index in [9.17, 15) is 9.59 Å². The number of carbonyl (C=O) groups is 2. The van der Waals surface area contributed by atoms with Gasteiger partial charge in [0.25, 0.3) is 0 Å². The molecule has 0 atom stereocenters. The lowest BCUT2D eigenvalue weighted by atomic mass is 10.1. The maximum absolute atomic E-state index is 12.6. The van der Waals surface area contributed by atoms with Crippen molar-refractivity contribution in [2.75, 3.05) is 11.1 Å². The summed E-state index contributed by atoms with van der Waals surface area (Å²) in [6, 6.07) is 14.8. The minimum absolute atomic E-state index is 0.0179. The van der Waals surface area contributed by atoms with Gasteiger partial charge in [-0.05, 0) is 43.2 Å². The van der Waals surface area contributed by atoms with E-state index in [1.807, 2.05) is 45.0 Å². The van der Waals surface area contributed by atoms with Crippen LogP contribution in [0.15, 0.2) is 53.6 Å². The van der Waals surface area contributed by atoms with Crippen LogP contribution in [0.1, 0.15) is 36.5 Å². The number of aryl methyl sites for hydroxylation is 1. The fourth-order valence-corrected chi connectivity index (χ4v) is 3.77. The highest BCUT2D eigenvalue weighted by Crippen LogP contribution is 2.26. The van der Waals surface area contributed by atoms with Crippen molar-refractivity contribution >= 4 is 40.0 Å². The van der Waals surface area contributed by atoms with Gasteiger partial charge in [-0.3, -0.25) is 9.59 Å². The number of nitrogens with one attached hydrogen (secondary N) is 1. The second-order valence-electron chi connectivity index (χ2n) is 7.03. The van der Waals surface area contributed by atoms with E-state index in [4.69, 9.17) is 0 Å². The van der Waals surface area contributed by atoms with Crippen LogP contribution in [0.25, 0.3) is 10.9 Å². The molecule has 0 radical (unpaired) electrons. The molecule has 0 unspecified atom stereocenters. The molecule has 5 nitrogen and oxygen atoms in total. The van der Waals surface area contributed by atoms with Crippen LogP contribution < -0.4 is 5.32 Å². The number of hydrogen-bond acceptors (Lipinski definition) is 5. The predicted octanol–water partition coefficient (Wildman–Crippen LogP) is 4.90. The van der Waals surface area contributed by atoms with Gasteiger partial charge >= 0.3 is 0 Å². The average molecular weight is 394 g/mol. The van der Waals surface area contributed by atoms with E-state index >= 15 is 0 Å². The van der Waals surface area contributed by atoms with E-state index in [1.165, 1.54) is 11.8 Å². The van der Waals surface area contributed by atoms with E-state index < -0.39 is 0 Å². The zero-order valence-corrected chi connectivity index (χ0v) is 17.0. The molecule has 1 heterocycles. The fraction of sp³-hybridized carbons (Fsp3) is 0.273. The zero-order chi connectivity index (χ0) is 20.1. The van der Waals surface area contributed by atoms with E-state index in [-0.39, 0.29) is 11.7 Å². The van der Waals surface area contributed by atoms with Crippen molar-refractivity contribution in [3.63, 3.8) is 0 Å². The Labute approximate surface area is 169 Å². The number of anilines is 1. The second kappa shape index (κ2) is 8.97. The van der Waals surface area contributed by atoms with Crippen LogP contribution >= 0.6 is 11.8 Å². The van der Waals surface area contributed by atoms with Crippen LogP contribution in [0, 0.1) is 12.8 Å². The summed E-state index contributed by atoms with van der Waals surface area (Å²) in [6.45, 7) is 5.85. The minimum atomic E-state index is -0.0179. The molecular weight excluding hydrogens is 370 g/mol. The Morgan fingerprint density at radius 1 is 1.04 bits per heavy atom. The highest BCUT2D eigenvalue weighted by Gasteiger charge is 2.11. The van der Waals surface area contributed by atoms with Crippen molar-refractivity contribution in [2.24, 2.45) is 5.92 Å². The number of Topliss-reactive ketones (excluding diaryl/α,β-unsaturated/α-hetero) is 1. The number of carbonyl (C=O) groups excluding carboxylic acids is 2. The second-order valence-corrected chi connectivity index (χ2v) is 7.99. The van der Waals surface area contributed by atoms with Crippen molar-refractivity contribution in [2.45, 2.75) is 32.2 Å². The summed E-state index contributed by atoms with van der Waals surface area (Å²) in [6.07, 6.45) is 0.476. The number of hydrogen-bond donors (Lipinski definition) is 1. The lowest BCUT2D eigenvalue weighted by Gasteiger charge is -2.08. The number of benzene rings is 2. The first-order chi connectivity index (χ1) is 13.4. The topological polar surface area (TPSA) is 72.0 Å². The lowest BCUT2D eigenvalue weighted by molar-refractivity contribution is -0.116. The molecule has 3 rings (SSSR count). The molecule has 0 spiro atoms. The Morgan fingerprint density at radius 3 is 2.46 bits per heavy atom. The molecule has 1 amide bonds. The smallest absolute Gasteiger partial charge is 0.224 e. The molecule has 3 aromatic rings. The Hall–Kier alpha value is -2.73. The molecule has 0 aliphatic carbocycles. The number of para-hydroxylation sites is 1. The Bertz CT molecular complexity index is 1000. The summed E-state index contributed by atoms with van der Waals surface area (Å²) in [5.41, 5.74) is 2.20. The number of thioether (sulfide) groups is 1. The molecule has 144 valence electrons. The third-order valence-electron chi connectivity index (χ3n) is 4.10. The SMILES string of the molecule is Cc1nc(SCC(=O)c2ccc(NC(=O)CC(C)C)cc2)c2ccccc2n1. The van der Waals surface area contributed by atoms with E-state index in [0.29, 0.717) is 35.2 Å². The predicted molar refractivity (Wildman–Crippen MR) is 114 cm³/mol. The van der Waals surface area contributed by atoms with Crippen LogP contribution in [-0.4, -0.2) is 27.4 Å². The summed E-state index contributed by atoms with van der Waals surface area (Å²) in [5, 5.41) is 4.62. The van der Waals surface area contributed by atoms with E-state index in [0.717, 1.165) is 15.9 Å². The monoisotopic (exact) mass is 393 g/mol. The summed E-state index contributed by atoms with van der Waals surface area (Å²) in [5.74, 6) is 1.29. The van der Waals surface area contributed by atoms with Gasteiger partial charge in [-0.15, -0.1) is 0 Å². The van der Waals surface area contributed by atoms with Crippen molar-refractivity contribution in [1.82, 2.24) is 9.97 Å². The van der Waals surface area contributed by atoms with E-state index in [2.05, 4.69) is 15.3 Å². The molecule has 0 aliphatic rings. The van der Waals surface area contributed by atoms with Gasteiger partial charge in [-0.1, -0.05) is 43.8 Å². The summed E-state index contributed by atoms with van der Waals surface area (Å²) in [4.78, 5) is 33.3. The Kier molecular flexibility index (Phi) is 6.41. The summed E-state index contributed by atoms with van der Waals surface area (Å²) >= 11 is 1.42. The van der Waals surface area contributed by atoms with Crippen LogP contribution in [0.3, 0.4) is 0 Å². The molecule has 0 aliphatic heterocycles. The third kappa shape index (κ3) is 5.16. The van der Waals surface area contributed by atoms with Gasteiger partial charge in [0, 0.05) is 23.1 Å². The number of ketones is 1. The Balaban J connectivity index is 1.65. The first-order valence-corrected chi connectivity index (χ1v) is 10.2. The molecule has 2 aromatic carbocycles. The van der Waals surface area contributed by atoms with Crippen LogP contribution in [0.4, 0.5) is 5.69 Å². The average Bonchev–Trinajstić information content (AvgIpc) is 2.65. The number of amides is 1. The lowest BCUT2D eigenvalue weighted by Crippen LogP contribution is -2.14. The van der Waals surface area contributed by atoms with E-state index in [1.54, 1.807) is 24.3 Å². The highest BCUT2D eigenvalue weighted by molar-refractivity contribution is 8.00. The summed E-state index contributed by atoms with van der Waals surface area (Å²) in [7, 11) is 0. The van der Waals surface area contributed by atoms with Crippen molar-refractivity contribution in [3.8, 4) is 0 Å². The minimum Gasteiger partial charge on any atom is -0.326 e. The quantitative estimate of drug-likeness (QED) is 0.351. The van der Waals surface area contributed by atoms with Gasteiger partial charge in [-0.2, -0.15) is 0 Å². The maximum atomic E-state index is 12.6. The van der Waals surface area contributed by atoms with Crippen LogP contribution in [0.2, 0.25) is 0 Å². The summed E-state index contributed by atoms with van der Waals surface area (Å²) < 4.78 is 0. The van der Waals surface area contributed by atoms with Gasteiger partial charge < -0.3 is 5.32 Å². The van der Waals surface area contributed by atoms with Gasteiger partial charge in [0.1, 0.15) is 10.9 Å². The zero-order valence-electron chi connectivity index (χ0n) is 16.2. The first kappa shape index (κ1) is 20.0. The highest BCUT2D eigenvalue weighted by atomic mass is 32.2. The number of aromatic nitrogens is 2. The molecule has 0 saturated heterocycles. The molecule has 0 saturated carbocycles. The van der Waals surface area contributed by atoms with Crippen LogP contribution in [-0.2, 0) is 4.79 Å². The normalized spacial score (nSPS) is 11.0. The molecule has 1 N–H and O–H groups in total. The number of rotatable bonds is 7. The van der Waals surface area contributed by atoms with Crippen molar-refractivity contribution in [3.05, 3.63) is 59.9 Å². The van der Waals surface area contributed by atoms with Crippen molar-refractivity contribution in [1.29, 1.82) is 0 Å². The molecule has 0 bridgehead atoms. The number of fused-ring (bicyclic) bond motifs is 1. The number of nitrogens with zero attached hydrogens (tertiary/aromatic N) is 2. The first-order valence-electron chi connectivity index (χ1n) is 9.21. The standard InChI is InChI=1S/C22H23N3O2S/c1-14(2)12-21(27)25-17-10-8-16(9-11-17)20(26)13-28-22-18-6-4-5-7-19(18)23-15(3)24-22/h4-11,14H,12-13H2,1-3H3,(H,25,27). The van der Waals surface area contributed by atoms with Gasteiger partial charge in [0.2, 0.25) is 5.91 Å². The molecule has 0 fully saturated rings. The largest absolute Gasteiger partial charge is 0.326 e. The molecule has 28 heavy (non-hydrogen) atoms. The van der Waals surface area contributed by atoms with Gasteiger partial charge in [0.15, 0.2) is 5.78 Å². The van der Waals surface area contributed by atoms with Crippen LogP contribution in [0.5, 0.6) is 0 Å². The third-order valence-corrected chi connectivity index (χ3v) is 5.10. The van der Waals surface area contributed by atoms with Crippen molar-refractivity contribution < 1.29 is 9.59 Å². The molecular formula is C22H23N3O2S. The molecule has 6 heteroatoms.